The van der Waals surface area contributed by atoms with Crippen LogP contribution in [0.25, 0.3) is 10.9 Å². The first kappa shape index (κ1) is 24.6. The summed E-state index contributed by atoms with van der Waals surface area (Å²) in [6.07, 6.45) is 4.98. The molecule has 0 saturated heterocycles. The van der Waals surface area contributed by atoms with Crippen molar-refractivity contribution in [1.82, 2.24) is 9.88 Å². The highest BCUT2D eigenvalue weighted by molar-refractivity contribution is 5.86. The summed E-state index contributed by atoms with van der Waals surface area (Å²) >= 11 is 0. The fourth-order valence-corrected chi connectivity index (χ4v) is 4.71. The molecule has 0 amide bonds. The standard InChI is InChI=1S/C25H33N3.2ClH/c1-3-27(4-2)21-11-9-10-20(18-21)19-26-16-15-23-22-12-5-6-13-24(22)28-17-8-7-14-25(23)28;;/h5-6,9-13,18,26H,3-4,7-8,14-17,19H2,1-2H3;2*1H. The quantitative estimate of drug-likeness (QED) is 0.427. The topological polar surface area (TPSA) is 20.2 Å². The minimum absolute atomic E-state index is 0. The minimum Gasteiger partial charge on any atom is -0.372 e. The van der Waals surface area contributed by atoms with E-state index in [2.05, 4.69) is 77.2 Å². The number of fused-ring (bicyclic) bond motifs is 3. The van der Waals surface area contributed by atoms with Crippen LogP contribution in [0, 0.1) is 0 Å². The smallest absolute Gasteiger partial charge is 0.0485 e. The van der Waals surface area contributed by atoms with Crippen LogP contribution in [0.15, 0.2) is 48.5 Å². The zero-order chi connectivity index (χ0) is 19.3. The molecule has 0 unspecified atom stereocenters. The second-order valence-corrected chi connectivity index (χ2v) is 7.82. The third kappa shape index (κ3) is 5.14. The molecule has 3 aromatic rings. The Hall–Kier alpha value is -1.68. The Bertz CT molecular complexity index is 931. The van der Waals surface area contributed by atoms with Gasteiger partial charge in [0.05, 0.1) is 0 Å². The van der Waals surface area contributed by atoms with Gasteiger partial charge in [-0.2, -0.15) is 0 Å². The van der Waals surface area contributed by atoms with Crippen LogP contribution in [0.1, 0.15) is 43.5 Å². The molecule has 1 aliphatic heterocycles. The maximum Gasteiger partial charge on any atom is 0.0485 e. The summed E-state index contributed by atoms with van der Waals surface area (Å²) in [5.74, 6) is 0. The van der Waals surface area contributed by atoms with E-state index >= 15 is 0 Å². The number of rotatable bonds is 8. The van der Waals surface area contributed by atoms with Crippen molar-refractivity contribution >= 4 is 41.4 Å². The van der Waals surface area contributed by atoms with E-state index in [1.807, 2.05) is 0 Å². The molecule has 5 heteroatoms. The molecule has 3 nitrogen and oxygen atoms in total. The van der Waals surface area contributed by atoms with Crippen molar-refractivity contribution in [3.05, 3.63) is 65.4 Å². The Morgan fingerprint density at radius 2 is 1.77 bits per heavy atom. The number of nitrogens with one attached hydrogen (secondary N) is 1. The highest BCUT2D eigenvalue weighted by atomic mass is 35.5. The lowest BCUT2D eigenvalue weighted by Crippen LogP contribution is -2.22. The van der Waals surface area contributed by atoms with Gasteiger partial charge >= 0.3 is 0 Å². The van der Waals surface area contributed by atoms with E-state index in [-0.39, 0.29) is 24.8 Å². The SMILES string of the molecule is CCN(CC)c1cccc(CNCCc2c3n(c4ccccc24)CCCC3)c1.Cl.Cl. The third-order valence-electron chi connectivity index (χ3n) is 6.16. The molecule has 1 aliphatic rings. The van der Waals surface area contributed by atoms with Gasteiger partial charge in [-0.25, -0.2) is 0 Å². The van der Waals surface area contributed by atoms with Gasteiger partial charge in [0.1, 0.15) is 0 Å². The number of aryl methyl sites for hydroxylation is 1. The van der Waals surface area contributed by atoms with Crippen molar-refractivity contribution in [3.63, 3.8) is 0 Å². The lowest BCUT2D eigenvalue weighted by Gasteiger charge is -2.21. The fourth-order valence-electron chi connectivity index (χ4n) is 4.71. The fraction of sp³-hybridized carbons (Fsp3) is 0.440. The summed E-state index contributed by atoms with van der Waals surface area (Å²) in [7, 11) is 0. The zero-order valence-corrected chi connectivity index (χ0v) is 19.8. The lowest BCUT2D eigenvalue weighted by atomic mass is 10.0. The Balaban J connectivity index is 0.00000160. The Morgan fingerprint density at radius 3 is 2.57 bits per heavy atom. The summed E-state index contributed by atoms with van der Waals surface area (Å²) in [5, 5.41) is 5.15. The summed E-state index contributed by atoms with van der Waals surface area (Å²) in [6, 6.07) is 17.9. The number of halogens is 2. The largest absolute Gasteiger partial charge is 0.372 e. The molecule has 0 radical (unpaired) electrons. The van der Waals surface area contributed by atoms with E-state index in [0.717, 1.165) is 32.6 Å². The predicted octanol–water partition coefficient (Wildman–Crippen LogP) is 6.00. The Kier molecular flexibility index (Phi) is 9.54. The van der Waals surface area contributed by atoms with Gasteiger partial charge in [-0.15, -0.1) is 24.8 Å². The van der Waals surface area contributed by atoms with Gasteiger partial charge < -0.3 is 14.8 Å². The first-order chi connectivity index (χ1) is 13.8. The van der Waals surface area contributed by atoms with Gasteiger partial charge in [-0.1, -0.05) is 30.3 Å². The first-order valence-corrected chi connectivity index (χ1v) is 11.0. The predicted molar refractivity (Wildman–Crippen MR) is 135 cm³/mol. The summed E-state index contributed by atoms with van der Waals surface area (Å²) < 4.78 is 2.57. The van der Waals surface area contributed by atoms with Crippen molar-refractivity contribution < 1.29 is 0 Å². The molecule has 0 saturated carbocycles. The monoisotopic (exact) mass is 447 g/mol. The van der Waals surface area contributed by atoms with Gasteiger partial charge in [0, 0.05) is 48.5 Å². The van der Waals surface area contributed by atoms with E-state index in [1.165, 1.54) is 48.0 Å². The minimum atomic E-state index is 0. The van der Waals surface area contributed by atoms with Crippen LogP contribution in [0.2, 0.25) is 0 Å². The number of anilines is 1. The van der Waals surface area contributed by atoms with Crippen molar-refractivity contribution in [2.75, 3.05) is 24.5 Å². The van der Waals surface area contributed by atoms with E-state index in [0.29, 0.717) is 0 Å². The molecular formula is C25H35Cl2N3. The molecule has 4 rings (SSSR count). The maximum absolute atomic E-state index is 3.69. The molecule has 30 heavy (non-hydrogen) atoms. The van der Waals surface area contributed by atoms with Crippen LogP contribution < -0.4 is 10.2 Å². The Morgan fingerprint density at radius 1 is 0.967 bits per heavy atom. The lowest BCUT2D eigenvalue weighted by molar-refractivity contribution is 0.539. The number of aromatic nitrogens is 1. The van der Waals surface area contributed by atoms with Crippen LogP contribution in [0.3, 0.4) is 0 Å². The first-order valence-electron chi connectivity index (χ1n) is 11.0. The normalized spacial score (nSPS) is 12.7. The van der Waals surface area contributed by atoms with Crippen molar-refractivity contribution in [2.24, 2.45) is 0 Å². The van der Waals surface area contributed by atoms with Crippen molar-refractivity contribution in [1.29, 1.82) is 0 Å². The molecule has 0 fully saturated rings. The number of para-hydroxylation sites is 1. The highest BCUT2D eigenvalue weighted by Gasteiger charge is 2.18. The van der Waals surface area contributed by atoms with Crippen LogP contribution >= 0.6 is 24.8 Å². The van der Waals surface area contributed by atoms with Gasteiger partial charge in [-0.3, -0.25) is 0 Å². The number of nitrogens with zero attached hydrogens (tertiary/aromatic N) is 2. The Labute approximate surface area is 193 Å². The molecule has 0 atom stereocenters. The van der Waals surface area contributed by atoms with Gasteiger partial charge in [0.25, 0.3) is 0 Å². The molecule has 0 bridgehead atoms. The molecule has 164 valence electrons. The van der Waals surface area contributed by atoms with Crippen molar-refractivity contribution in [3.8, 4) is 0 Å². The third-order valence-corrected chi connectivity index (χ3v) is 6.16. The molecule has 1 aromatic heterocycles. The number of benzene rings is 2. The number of hydrogen-bond donors (Lipinski definition) is 1. The van der Waals surface area contributed by atoms with E-state index in [9.17, 15) is 0 Å². The average Bonchev–Trinajstić information content (AvgIpc) is 3.06. The maximum atomic E-state index is 3.69. The highest BCUT2D eigenvalue weighted by Crippen LogP contribution is 2.30. The summed E-state index contributed by atoms with van der Waals surface area (Å²) in [5.41, 5.74) is 7.28. The summed E-state index contributed by atoms with van der Waals surface area (Å²) in [4.78, 5) is 2.41. The van der Waals surface area contributed by atoms with E-state index in [1.54, 1.807) is 11.3 Å². The average molecular weight is 448 g/mol. The zero-order valence-electron chi connectivity index (χ0n) is 18.2. The summed E-state index contributed by atoms with van der Waals surface area (Å²) in [6.45, 7) is 9.69. The van der Waals surface area contributed by atoms with Crippen LogP contribution in [0.5, 0.6) is 0 Å². The molecule has 0 aliphatic carbocycles. The van der Waals surface area contributed by atoms with Crippen LogP contribution in [-0.4, -0.2) is 24.2 Å². The van der Waals surface area contributed by atoms with E-state index in [4.69, 9.17) is 0 Å². The molecule has 2 aromatic carbocycles. The van der Waals surface area contributed by atoms with Crippen LogP contribution in [0.4, 0.5) is 5.69 Å². The molecule has 2 heterocycles. The second kappa shape index (κ2) is 11.6. The molecule has 1 N–H and O–H groups in total. The van der Waals surface area contributed by atoms with Gasteiger partial charge in [0.2, 0.25) is 0 Å². The van der Waals surface area contributed by atoms with Crippen LogP contribution in [-0.2, 0) is 25.9 Å². The molecule has 0 spiro atoms. The van der Waals surface area contributed by atoms with Gasteiger partial charge in [-0.05, 0) is 75.4 Å². The van der Waals surface area contributed by atoms with Crippen molar-refractivity contribution in [2.45, 2.75) is 52.6 Å². The van der Waals surface area contributed by atoms with E-state index < -0.39 is 0 Å². The number of hydrogen-bond acceptors (Lipinski definition) is 2. The van der Waals surface area contributed by atoms with Gasteiger partial charge in [0.15, 0.2) is 0 Å². The molecular weight excluding hydrogens is 413 g/mol. The second-order valence-electron chi connectivity index (χ2n) is 7.82.